The Morgan fingerprint density at radius 2 is 1.57 bits per heavy atom. The highest BCUT2D eigenvalue weighted by molar-refractivity contribution is 5.44. The number of hydrogen-bond acceptors (Lipinski definition) is 3. The number of aliphatic hydroxyl groups excluding tert-OH is 1. The van der Waals surface area contributed by atoms with Crippen molar-refractivity contribution in [1.82, 2.24) is 5.32 Å². The minimum atomic E-state index is -0.519. The van der Waals surface area contributed by atoms with Crippen LogP contribution in [-0.2, 0) is 0 Å². The van der Waals surface area contributed by atoms with Crippen LogP contribution in [0.3, 0.4) is 0 Å². The van der Waals surface area contributed by atoms with Gasteiger partial charge in [-0.1, -0.05) is 43.9 Å². The highest BCUT2D eigenvalue weighted by atomic mass is 16.5. The third kappa shape index (κ3) is 6.56. The van der Waals surface area contributed by atoms with Crippen LogP contribution >= 0.6 is 0 Å². The summed E-state index contributed by atoms with van der Waals surface area (Å²) >= 11 is 0. The zero-order chi connectivity index (χ0) is 16.5. The molecule has 1 unspecified atom stereocenters. The van der Waals surface area contributed by atoms with Crippen molar-refractivity contribution in [1.29, 1.82) is 0 Å². The number of hydrogen-bond donors (Lipinski definition) is 2. The molecule has 0 aromatic heterocycles. The van der Waals surface area contributed by atoms with Crippen molar-refractivity contribution >= 4 is 0 Å². The molecule has 0 heterocycles. The monoisotopic (exact) mass is 309 g/mol. The average molecular weight is 309 g/mol. The molecule has 0 aliphatic heterocycles. The van der Waals surface area contributed by atoms with Gasteiger partial charge in [0.15, 0.2) is 0 Å². The van der Waals surface area contributed by atoms with Crippen LogP contribution in [-0.4, -0.2) is 30.4 Å². The lowest BCUT2D eigenvalue weighted by atomic mass is 10.2. The van der Waals surface area contributed by atoms with Gasteiger partial charge >= 0.3 is 0 Å². The first kappa shape index (κ1) is 17.1. The van der Waals surface area contributed by atoms with Crippen molar-refractivity contribution in [2.45, 2.75) is 26.0 Å². The minimum Gasteiger partial charge on any atom is -0.491 e. The molecule has 0 saturated heterocycles. The predicted molar refractivity (Wildman–Crippen MR) is 93.5 cm³/mol. The van der Waals surface area contributed by atoms with Crippen molar-refractivity contribution in [3.05, 3.63) is 65.7 Å². The van der Waals surface area contributed by atoms with Crippen LogP contribution in [0.4, 0.5) is 0 Å². The van der Waals surface area contributed by atoms with E-state index in [2.05, 4.69) is 17.2 Å². The molecule has 120 valence electrons. The van der Waals surface area contributed by atoms with E-state index in [4.69, 9.17) is 4.74 Å². The zero-order valence-corrected chi connectivity index (χ0v) is 13.6. The third-order valence-electron chi connectivity index (χ3n) is 3.18. The molecule has 2 aromatic rings. The number of benzene rings is 2. The summed E-state index contributed by atoms with van der Waals surface area (Å²) in [5.74, 6) is 6.97. The van der Waals surface area contributed by atoms with E-state index in [1.54, 1.807) is 0 Å². The van der Waals surface area contributed by atoms with Crippen molar-refractivity contribution in [2.24, 2.45) is 0 Å². The van der Waals surface area contributed by atoms with E-state index < -0.39 is 6.10 Å². The van der Waals surface area contributed by atoms with Crippen LogP contribution < -0.4 is 10.1 Å². The molecule has 3 nitrogen and oxygen atoms in total. The van der Waals surface area contributed by atoms with Crippen molar-refractivity contribution in [3.8, 4) is 17.6 Å². The Hall–Kier alpha value is -2.28. The van der Waals surface area contributed by atoms with Crippen LogP contribution in [0.1, 0.15) is 25.0 Å². The molecule has 2 N–H and O–H groups in total. The number of aliphatic hydroxyl groups is 1. The summed E-state index contributed by atoms with van der Waals surface area (Å²) in [6, 6.07) is 17.8. The quantitative estimate of drug-likeness (QED) is 0.806. The third-order valence-corrected chi connectivity index (χ3v) is 3.18. The highest BCUT2D eigenvalue weighted by Gasteiger charge is 2.05. The van der Waals surface area contributed by atoms with Crippen LogP contribution in [0, 0.1) is 11.8 Å². The Labute approximate surface area is 138 Å². The summed E-state index contributed by atoms with van der Waals surface area (Å²) in [5, 5.41) is 13.0. The molecule has 0 aliphatic carbocycles. The van der Waals surface area contributed by atoms with E-state index in [1.807, 2.05) is 68.4 Å². The zero-order valence-electron chi connectivity index (χ0n) is 13.6. The van der Waals surface area contributed by atoms with Crippen LogP contribution in [0.5, 0.6) is 5.75 Å². The number of rotatable bonds is 6. The smallest absolute Gasteiger partial charge is 0.119 e. The molecule has 0 bridgehead atoms. The molecule has 0 aliphatic rings. The summed E-state index contributed by atoms with van der Waals surface area (Å²) < 4.78 is 5.58. The standard InChI is InChI=1S/C20H23NO2/c1-16(2)21-14-19(22)15-23-20-12-10-18(11-13-20)9-8-17-6-4-3-5-7-17/h3-7,10-13,16,19,21-22H,14-15H2,1-2H3. The lowest BCUT2D eigenvalue weighted by Gasteiger charge is -2.14. The molecule has 2 aromatic carbocycles. The van der Waals surface area contributed by atoms with Gasteiger partial charge in [0.1, 0.15) is 18.5 Å². The lowest BCUT2D eigenvalue weighted by Crippen LogP contribution is -2.35. The molecular formula is C20H23NO2. The molecule has 1 atom stereocenters. The number of nitrogens with one attached hydrogen (secondary N) is 1. The van der Waals surface area contributed by atoms with Crippen LogP contribution in [0.2, 0.25) is 0 Å². The molecule has 0 radical (unpaired) electrons. The predicted octanol–water partition coefficient (Wildman–Crippen LogP) is 2.82. The lowest BCUT2D eigenvalue weighted by molar-refractivity contribution is 0.104. The van der Waals surface area contributed by atoms with Crippen molar-refractivity contribution < 1.29 is 9.84 Å². The molecule has 23 heavy (non-hydrogen) atoms. The molecule has 0 fully saturated rings. The molecule has 3 heteroatoms. The summed E-state index contributed by atoms with van der Waals surface area (Å²) in [6.45, 7) is 4.89. The fourth-order valence-corrected chi connectivity index (χ4v) is 1.92. The normalized spacial score (nSPS) is 11.7. The van der Waals surface area contributed by atoms with Crippen molar-refractivity contribution in [3.63, 3.8) is 0 Å². The largest absolute Gasteiger partial charge is 0.491 e. The van der Waals surface area contributed by atoms with Gasteiger partial charge in [-0.3, -0.25) is 0 Å². The summed E-state index contributed by atoms with van der Waals surface area (Å²) in [5.41, 5.74) is 1.93. The fraction of sp³-hybridized carbons (Fsp3) is 0.300. The van der Waals surface area contributed by atoms with Gasteiger partial charge in [0.05, 0.1) is 0 Å². The Morgan fingerprint density at radius 1 is 0.957 bits per heavy atom. The van der Waals surface area contributed by atoms with E-state index in [0.29, 0.717) is 12.6 Å². The van der Waals surface area contributed by atoms with Gasteiger partial charge in [0.2, 0.25) is 0 Å². The van der Waals surface area contributed by atoms with Crippen LogP contribution in [0.25, 0.3) is 0 Å². The van der Waals surface area contributed by atoms with Gasteiger partial charge in [-0.25, -0.2) is 0 Å². The second kappa shape index (κ2) is 8.99. The maximum atomic E-state index is 9.81. The average Bonchev–Trinajstić information content (AvgIpc) is 2.58. The van der Waals surface area contributed by atoms with Gasteiger partial charge < -0.3 is 15.2 Å². The van der Waals surface area contributed by atoms with Crippen molar-refractivity contribution in [2.75, 3.05) is 13.2 Å². The van der Waals surface area contributed by atoms with Gasteiger partial charge in [-0.15, -0.1) is 0 Å². The van der Waals surface area contributed by atoms with Gasteiger partial charge in [-0.05, 0) is 36.4 Å². The maximum absolute atomic E-state index is 9.81. The molecule has 0 amide bonds. The Kier molecular flexibility index (Phi) is 6.68. The summed E-state index contributed by atoms with van der Waals surface area (Å²) in [4.78, 5) is 0. The second-order valence-corrected chi connectivity index (χ2v) is 5.67. The molecule has 2 rings (SSSR count). The second-order valence-electron chi connectivity index (χ2n) is 5.67. The molecule has 0 spiro atoms. The Balaban J connectivity index is 1.84. The van der Waals surface area contributed by atoms with Crippen LogP contribution in [0.15, 0.2) is 54.6 Å². The van der Waals surface area contributed by atoms with Gasteiger partial charge in [-0.2, -0.15) is 0 Å². The Bertz CT molecular complexity index is 639. The van der Waals surface area contributed by atoms with Gasteiger partial charge in [0, 0.05) is 23.7 Å². The molecular weight excluding hydrogens is 286 g/mol. The maximum Gasteiger partial charge on any atom is 0.119 e. The number of ether oxygens (including phenoxy) is 1. The first-order chi connectivity index (χ1) is 11.1. The van der Waals surface area contributed by atoms with E-state index >= 15 is 0 Å². The van der Waals surface area contributed by atoms with E-state index in [1.165, 1.54) is 0 Å². The van der Waals surface area contributed by atoms with E-state index in [0.717, 1.165) is 16.9 Å². The first-order valence-corrected chi connectivity index (χ1v) is 7.85. The first-order valence-electron chi connectivity index (χ1n) is 7.85. The SMILES string of the molecule is CC(C)NCC(O)COc1ccc(C#Cc2ccccc2)cc1. The molecule has 0 saturated carbocycles. The summed E-state index contributed by atoms with van der Waals surface area (Å²) in [6.07, 6.45) is -0.519. The van der Waals surface area contributed by atoms with E-state index in [9.17, 15) is 5.11 Å². The highest BCUT2D eigenvalue weighted by Crippen LogP contribution is 2.12. The fourth-order valence-electron chi connectivity index (χ4n) is 1.92. The minimum absolute atomic E-state index is 0.273. The topological polar surface area (TPSA) is 41.5 Å². The van der Waals surface area contributed by atoms with Gasteiger partial charge in [0.25, 0.3) is 0 Å². The summed E-state index contributed by atoms with van der Waals surface area (Å²) in [7, 11) is 0. The van der Waals surface area contributed by atoms with E-state index in [-0.39, 0.29) is 6.61 Å². The Morgan fingerprint density at radius 3 is 2.17 bits per heavy atom.